The average Bonchev–Trinajstić information content (AvgIpc) is 2.86. The van der Waals surface area contributed by atoms with E-state index < -0.39 is 10.0 Å². The van der Waals surface area contributed by atoms with Gasteiger partial charge in [0, 0.05) is 12.4 Å². The molecule has 0 aliphatic rings. The van der Waals surface area contributed by atoms with Crippen LogP contribution in [0.3, 0.4) is 0 Å². The zero-order valence-corrected chi connectivity index (χ0v) is 12.5. The molecule has 2 N–H and O–H groups in total. The number of primary sulfonamides is 1. The number of sulfonamides is 1. The Morgan fingerprint density at radius 1 is 1.30 bits per heavy atom. The van der Waals surface area contributed by atoms with E-state index in [1.807, 2.05) is 4.57 Å². The van der Waals surface area contributed by atoms with Crippen molar-refractivity contribution in [3.05, 3.63) is 40.9 Å². The summed E-state index contributed by atoms with van der Waals surface area (Å²) in [7, 11) is -3.91. The Morgan fingerprint density at radius 2 is 2.05 bits per heavy atom. The first-order chi connectivity index (χ1) is 9.39. The molecule has 0 radical (unpaired) electrons. The summed E-state index contributed by atoms with van der Waals surface area (Å²) in [4.78, 5) is 3.67. The van der Waals surface area contributed by atoms with Gasteiger partial charge in [-0.25, -0.2) is 18.5 Å². The molecule has 0 spiro atoms. The molecule has 1 heterocycles. The maximum absolute atomic E-state index is 11.3. The van der Waals surface area contributed by atoms with Gasteiger partial charge in [-0.1, -0.05) is 23.2 Å². The van der Waals surface area contributed by atoms with Gasteiger partial charge < -0.3 is 9.30 Å². The molecule has 0 saturated heterocycles. The monoisotopic (exact) mass is 335 g/mol. The van der Waals surface area contributed by atoms with Gasteiger partial charge in [0.15, 0.2) is 0 Å². The van der Waals surface area contributed by atoms with Crippen LogP contribution in [0.2, 0.25) is 10.0 Å². The Morgan fingerprint density at radius 3 is 2.65 bits per heavy atom. The molecular formula is C11H11Cl2N3O3S. The summed E-state index contributed by atoms with van der Waals surface area (Å²) in [5.41, 5.74) is 0. The summed E-state index contributed by atoms with van der Waals surface area (Å²) in [6.45, 7) is 0.909. The summed E-state index contributed by atoms with van der Waals surface area (Å²) < 4.78 is 29.8. The lowest BCUT2D eigenvalue weighted by molar-refractivity contribution is 0.298. The summed E-state index contributed by atoms with van der Waals surface area (Å²) in [6.07, 6.45) is 5.11. The number of aromatic nitrogens is 2. The highest BCUT2D eigenvalue weighted by atomic mass is 35.5. The first-order valence-electron chi connectivity index (χ1n) is 5.49. The van der Waals surface area contributed by atoms with Crippen molar-refractivity contribution in [2.24, 2.45) is 5.14 Å². The molecule has 0 aliphatic carbocycles. The van der Waals surface area contributed by atoms with E-state index in [9.17, 15) is 8.42 Å². The molecule has 9 heteroatoms. The second-order valence-electron chi connectivity index (χ2n) is 3.88. The number of nitrogens with two attached hydrogens (primary N) is 1. The van der Waals surface area contributed by atoms with E-state index in [0.29, 0.717) is 18.9 Å². The number of rotatable bonds is 5. The van der Waals surface area contributed by atoms with Crippen LogP contribution in [0.4, 0.5) is 0 Å². The quantitative estimate of drug-likeness (QED) is 0.904. The van der Waals surface area contributed by atoms with Crippen LogP contribution >= 0.6 is 23.2 Å². The van der Waals surface area contributed by atoms with Crippen molar-refractivity contribution >= 4 is 33.2 Å². The number of imidazole rings is 1. The van der Waals surface area contributed by atoms with E-state index >= 15 is 0 Å². The van der Waals surface area contributed by atoms with Crippen LogP contribution in [0.15, 0.2) is 35.7 Å². The fourth-order valence-electron chi connectivity index (χ4n) is 1.53. The summed E-state index contributed by atoms with van der Waals surface area (Å²) in [5, 5.41) is 4.89. The SMILES string of the molecule is NS(=O)(=O)c1ccc(OCCn2ccnc2)c(Cl)c1Cl. The highest BCUT2D eigenvalue weighted by molar-refractivity contribution is 7.89. The third-order valence-electron chi connectivity index (χ3n) is 2.48. The zero-order valence-electron chi connectivity index (χ0n) is 10.2. The first-order valence-corrected chi connectivity index (χ1v) is 7.79. The Labute approximate surface area is 126 Å². The molecule has 1 aromatic heterocycles. The molecule has 2 aromatic rings. The van der Waals surface area contributed by atoms with Crippen LogP contribution < -0.4 is 9.88 Å². The maximum Gasteiger partial charge on any atom is 0.239 e. The predicted molar refractivity (Wildman–Crippen MR) is 75.6 cm³/mol. The Balaban J connectivity index is 2.12. The van der Waals surface area contributed by atoms with Crippen LogP contribution in [0.5, 0.6) is 5.75 Å². The van der Waals surface area contributed by atoms with E-state index in [4.69, 9.17) is 33.1 Å². The standard InChI is InChI=1S/C11H11Cl2N3O3S/c12-10-8(19-6-5-16-4-3-15-7-16)1-2-9(11(10)13)20(14,17)18/h1-4,7H,5-6H2,(H2,14,17,18). The second kappa shape index (κ2) is 6.01. The van der Waals surface area contributed by atoms with Gasteiger partial charge in [-0.05, 0) is 12.1 Å². The van der Waals surface area contributed by atoms with Crippen molar-refractivity contribution in [3.63, 3.8) is 0 Å². The fourth-order valence-corrected chi connectivity index (χ4v) is 2.89. The normalized spacial score (nSPS) is 11.6. The lowest BCUT2D eigenvalue weighted by atomic mass is 10.3. The minimum Gasteiger partial charge on any atom is -0.490 e. The second-order valence-corrected chi connectivity index (χ2v) is 6.17. The van der Waals surface area contributed by atoms with Crippen LogP contribution in [0.25, 0.3) is 0 Å². The van der Waals surface area contributed by atoms with Crippen molar-refractivity contribution in [1.29, 1.82) is 0 Å². The Hall–Kier alpha value is -1.28. The van der Waals surface area contributed by atoms with Gasteiger partial charge in [-0.15, -0.1) is 0 Å². The van der Waals surface area contributed by atoms with Gasteiger partial charge in [0.2, 0.25) is 10.0 Å². The van der Waals surface area contributed by atoms with Crippen molar-refractivity contribution in [2.75, 3.05) is 6.61 Å². The molecule has 20 heavy (non-hydrogen) atoms. The number of ether oxygens (including phenoxy) is 1. The molecule has 0 amide bonds. The van der Waals surface area contributed by atoms with E-state index in [2.05, 4.69) is 4.98 Å². The van der Waals surface area contributed by atoms with Crippen LogP contribution in [0, 0.1) is 0 Å². The number of nitrogens with zero attached hydrogens (tertiary/aromatic N) is 2. The van der Waals surface area contributed by atoms with Gasteiger partial charge in [-0.2, -0.15) is 0 Å². The smallest absolute Gasteiger partial charge is 0.239 e. The van der Waals surface area contributed by atoms with Crippen molar-refractivity contribution in [2.45, 2.75) is 11.4 Å². The zero-order chi connectivity index (χ0) is 14.8. The van der Waals surface area contributed by atoms with Crippen LogP contribution in [-0.4, -0.2) is 24.6 Å². The van der Waals surface area contributed by atoms with Crippen molar-refractivity contribution < 1.29 is 13.2 Å². The molecule has 0 atom stereocenters. The topological polar surface area (TPSA) is 87.2 Å². The Kier molecular flexibility index (Phi) is 4.54. The van der Waals surface area contributed by atoms with Crippen LogP contribution in [-0.2, 0) is 16.6 Å². The minimum absolute atomic E-state index is 0.0174. The summed E-state index contributed by atoms with van der Waals surface area (Å²) >= 11 is 11.8. The van der Waals surface area contributed by atoms with Crippen LogP contribution in [0.1, 0.15) is 0 Å². The van der Waals surface area contributed by atoms with Gasteiger partial charge in [0.05, 0.1) is 17.9 Å². The largest absolute Gasteiger partial charge is 0.490 e. The first kappa shape index (κ1) is 15.1. The molecule has 0 saturated carbocycles. The molecule has 0 fully saturated rings. The highest BCUT2D eigenvalue weighted by Gasteiger charge is 2.18. The van der Waals surface area contributed by atoms with Gasteiger partial charge in [0.25, 0.3) is 0 Å². The maximum atomic E-state index is 11.3. The van der Waals surface area contributed by atoms with Crippen molar-refractivity contribution in [3.8, 4) is 5.75 Å². The lowest BCUT2D eigenvalue weighted by Crippen LogP contribution is -2.13. The molecule has 108 valence electrons. The molecule has 6 nitrogen and oxygen atoms in total. The van der Waals surface area contributed by atoms with E-state index in [1.165, 1.54) is 12.1 Å². The van der Waals surface area contributed by atoms with E-state index in [-0.39, 0.29) is 14.9 Å². The van der Waals surface area contributed by atoms with E-state index in [0.717, 1.165) is 0 Å². The molecule has 0 bridgehead atoms. The fraction of sp³-hybridized carbons (Fsp3) is 0.182. The van der Waals surface area contributed by atoms with Gasteiger partial charge in [-0.3, -0.25) is 0 Å². The summed E-state index contributed by atoms with van der Waals surface area (Å²) in [6, 6.07) is 2.68. The number of hydrogen-bond acceptors (Lipinski definition) is 4. The number of hydrogen-bond donors (Lipinski definition) is 1. The third kappa shape index (κ3) is 3.43. The molecule has 2 rings (SSSR count). The summed E-state index contributed by atoms with van der Waals surface area (Å²) in [5.74, 6) is 0.296. The molecule has 1 aromatic carbocycles. The number of benzene rings is 1. The lowest BCUT2D eigenvalue weighted by Gasteiger charge is -2.11. The molecule has 0 unspecified atom stereocenters. The van der Waals surface area contributed by atoms with Gasteiger partial charge >= 0.3 is 0 Å². The highest BCUT2D eigenvalue weighted by Crippen LogP contribution is 2.36. The predicted octanol–water partition coefficient (Wildman–Crippen LogP) is 1.92. The molecular weight excluding hydrogens is 325 g/mol. The van der Waals surface area contributed by atoms with E-state index in [1.54, 1.807) is 18.7 Å². The molecule has 0 aliphatic heterocycles. The third-order valence-corrected chi connectivity index (χ3v) is 4.41. The minimum atomic E-state index is -3.91. The Bertz CT molecular complexity index is 702. The van der Waals surface area contributed by atoms with Gasteiger partial charge in [0.1, 0.15) is 22.3 Å². The average molecular weight is 336 g/mol. The van der Waals surface area contributed by atoms with Crippen molar-refractivity contribution in [1.82, 2.24) is 9.55 Å². The number of halogens is 2.